The fourth-order valence-electron chi connectivity index (χ4n) is 3.83. The van der Waals surface area contributed by atoms with Gasteiger partial charge in [0.1, 0.15) is 0 Å². The van der Waals surface area contributed by atoms with E-state index in [-0.39, 0.29) is 37.7 Å². The zero-order valence-electron chi connectivity index (χ0n) is 18.3. The summed E-state index contributed by atoms with van der Waals surface area (Å²) < 4.78 is 4.39. The van der Waals surface area contributed by atoms with E-state index in [1.165, 1.54) is 5.56 Å². The average molecular weight is 377 g/mol. The number of hydrogen-bond donors (Lipinski definition) is 0. The van der Waals surface area contributed by atoms with Gasteiger partial charge in [0.15, 0.2) is 0 Å². The van der Waals surface area contributed by atoms with Gasteiger partial charge in [0.05, 0.1) is 0 Å². The molecule has 0 radical (unpaired) electrons. The second kappa shape index (κ2) is 8.85. The first-order valence-corrected chi connectivity index (χ1v) is 9.44. The zero-order chi connectivity index (χ0) is 19.3. The molecule has 2 aromatic heterocycles. The number of aromatic nitrogens is 2. The van der Waals surface area contributed by atoms with E-state index in [0.29, 0.717) is 0 Å². The fourth-order valence-corrected chi connectivity index (χ4v) is 3.83. The van der Waals surface area contributed by atoms with E-state index in [9.17, 15) is 0 Å². The van der Waals surface area contributed by atoms with Gasteiger partial charge in [-0.3, -0.25) is 0 Å². The predicted octanol–water partition coefficient (Wildman–Crippen LogP) is 0.0566. The maximum absolute atomic E-state index is 3.60. The molecule has 0 spiro atoms. The Morgan fingerprint density at radius 3 is 1.50 bits per heavy atom. The van der Waals surface area contributed by atoms with Crippen molar-refractivity contribution < 1.29 is 37.7 Å². The van der Waals surface area contributed by atoms with E-state index in [2.05, 4.69) is 120 Å². The van der Waals surface area contributed by atoms with Crippen molar-refractivity contribution in [2.75, 3.05) is 4.90 Å². The quantitative estimate of drug-likeness (QED) is 0.320. The summed E-state index contributed by atoms with van der Waals surface area (Å²) in [6.07, 6.45) is 0. The maximum atomic E-state index is 3.60. The largest absolute Gasteiger partial charge is 1.00 e. The van der Waals surface area contributed by atoms with E-state index in [4.69, 9.17) is 0 Å². The molecular weight excluding hydrogens is 356 g/mol. The Labute approximate surface area is 201 Å². The number of anilines is 3. The van der Waals surface area contributed by atoms with Crippen LogP contribution in [-0.2, 0) is 14.1 Å². The van der Waals surface area contributed by atoms with Gasteiger partial charge < -0.3 is 14.0 Å². The number of fused-ring (bicyclic) bond motifs is 2. The topological polar surface area (TPSA) is 13.1 Å². The van der Waals surface area contributed by atoms with Gasteiger partial charge in [-0.05, 0) is 33.2 Å². The van der Waals surface area contributed by atoms with Gasteiger partial charge >= 0.3 is 37.7 Å². The molecule has 0 saturated carbocycles. The third kappa shape index (κ3) is 3.64. The monoisotopic (exact) mass is 377 g/mol. The Balaban J connectivity index is 0.00000128. The first-order chi connectivity index (χ1) is 13.6. The van der Waals surface area contributed by atoms with Crippen LogP contribution in [0.15, 0.2) is 72.8 Å². The van der Waals surface area contributed by atoms with E-state index < -0.39 is 0 Å². The van der Waals surface area contributed by atoms with Gasteiger partial charge in [0.2, 0.25) is 0 Å². The second-order valence-corrected chi connectivity index (χ2v) is 7.22. The van der Waals surface area contributed by atoms with Crippen LogP contribution in [0.2, 0.25) is 0 Å². The smallest absolute Gasteiger partial charge is 0.394 e. The molecule has 30 heavy (non-hydrogen) atoms. The Morgan fingerprint density at radius 1 is 0.633 bits per heavy atom. The van der Waals surface area contributed by atoms with Crippen LogP contribution in [-0.4, -0.2) is 9.13 Å². The van der Waals surface area contributed by atoms with Crippen LogP contribution in [0.5, 0.6) is 0 Å². The molecule has 0 aliphatic rings. The van der Waals surface area contributed by atoms with Crippen LogP contribution in [0.3, 0.4) is 0 Å². The van der Waals surface area contributed by atoms with E-state index in [0.717, 1.165) is 39.1 Å². The standard InChI is InChI=1S/C25H21N3.2Li/c1-18-12-14-21(15-13-18)28(24-16-19-8-4-6-10-22(19)26(24)2)25-17-20-9-5-7-11-23(20)27(25)3;;/h4-15H,1-3H3;;/q-2;2*+1. The Morgan fingerprint density at radius 2 is 1.07 bits per heavy atom. The summed E-state index contributed by atoms with van der Waals surface area (Å²) in [5.41, 5.74) is 4.66. The normalized spacial score (nSPS) is 10.6. The molecule has 3 aromatic carbocycles. The first kappa shape index (κ1) is 22.4. The Bertz CT molecular complexity index is 1220. The van der Waals surface area contributed by atoms with Crippen molar-refractivity contribution in [3.05, 3.63) is 90.5 Å². The van der Waals surface area contributed by atoms with Gasteiger partial charge in [-0.1, -0.05) is 53.0 Å². The van der Waals surface area contributed by atoms with E-state index in [1.807, 2.05) is 0 Å². The average Bonchev–Trinajstić information content (AvgIpc) is 3.22. The molecule has 3 nitrogen and oxygen atoms in total. The van der Waals surface area contributed by atoms with Crippen LogP contribution >= 0.6 is 0 Å². The zero-order valence-corrected chi connectivity index (χ0v) is 18.3. The van der Waals surface area contributed by atoms with Crippen molar-refractivity contribution in [2.45, 2.75) is 6.92 Å². The summed E-state index contributed by atoms with van der Waals surface area (Å²) in [5.74, 6) is 1.99. The summed E-state index contributed by atoms with van der Waals surface area (Å²) in [6.45, 7) is 2.11. The molecule has 0 fully saturated rings. The first-order valence-electron chi connectivity index (χ1n) is 9.44. The molecule has 5 aromatic rings. The van der Waals surface area contributed by atoms with Crippen LogP contribution in [0, 0.1) is 19.1 Å². The molecule has 0 N–H and O–H groups in total. The van der Waals surface area contributed by atoms with Crippen molar-refractivity contribution in [2.24, 2.45) is 14.1 Å². The predicted molar refractivity (Wildman–Crippen MR) is 116 cm³/mol. The van der Waals surface area contributed by atoms with E-state index >= 15 is 0 Å². The third-order valence-corrected chi connectivity index (χ3v) is 5.37. The molecule has 0 saturated heterocycles. The molecule has 5 rings (SSSR count). The van der Waals surface area contributed by atoms with Gasteiger partial charge in [-0.15, -0.1) is 24.3 Å². The summed E-state index contributed by atoms with van der Waals surface area (Å²) in [7, 11) is 4.19. The molecule has 0 unspecified atom stereocenters. The van der Waals surface area contributed by atoms with Gasteiger partial charge in [-0.25, -0.2) is 0 Å². The summed E-state index contributed by atoms with van der Waals surface area (Å²) in [6, 6.07) is 32.6. The molecular formula is C25H21Li2N3. The molecule has 0 bridgehead atoms. The minimum atomic E-state index is 0. The maximum Gasteiger partial charge on any atom is 1.00 e. The van der Waals surface area contributed by atoms with Crippen LogP contribution in [0.4, 0.5) is 17.3 Å². The molecule has 2 heterocycles. The SMILES string of the molecule is Cc1ccc(N(c2[c-]c3ccccc3n2C)c2[c-]c3ccccc3n2C)cc1.[Li+].[Li+]. The van der Waals surface area contributed by atoms with Gasteiger partial charge in [0.25, 0.3) is 0 Å². The minimum Gasteiger partial charge on any atom is -0.394 e. The molecule has 5 heteroatoms. The van der Waals surface area contributed by atoms with Crippen molar-refractivity contribution in [3.63, 3.8) is 0 Å². The van der Waals surface area contributed by atoms with Crippen molar-refractivity contribution in [3.8, 4) is 0 Å². The summed E-state index contributed by atoms with van der Waals surface area (Å²) in [4.78, 5) is 2.24. The number of hydrogen-bond acceptors (Lipinski definition) is 1. The van der Waals surface area contributed by atoms with Gasteiger partial charge in [0, 0.05) is 17.3 Å². The van der Waals surface area contributed by atoms with Crippen molar-refractivity contribution in [1.82, 2.24) is 9.13 Å². The molecule has 0 atom stereocenters. The third-order valence-electron chi connectivity index (χ3n) is 5.37. The van der Waals surface area contributed by atoms with E-state index in [1.54, 1.807) is 0 Å². The number of aryl methyl sites for hydroxylation is 3. The van der Waals surface area contributed by atoms with Crippen LogP contribution in [0.1, 0.15) is 5.56 Å². The minimum absolute atomic E-state index is 0. The number of benzene rings is 3. The number of nitrogens with zero attached hydrogens (tertiary/aromatic N) is 3. The molecule has 138 valence electrons. The summed E-state index contributed by atoms with van der Waals surface area (Å²) >= 11 is 0. The summed E-state index contributed by atoms with van der Waals surface area (Å²) in [5, 5.41) is 2.21. The molecule has 0 amide bonds. The van der Waals surface area contributed by atoms with Crippen LogP contribution < -0.4 is 42.6 Å². The Kier molecular flexibility index (Phi) is 6.61. The van der Waals surface area contributed by atoms with Gasteiger partial charge in [-0.2, -0.15) is 22.9 Å². The number of rotatable bonds is 3. The molecule has 0 aliphatic heterocycles. The van der Waals surface area contributed by atoms with Crippen molar-refractivity contribution in [1.29, 1.82) is 0 Å². The fraction of sp³-hybridized carbons (Fsp3) is 0.120. The Hall–Kier alpha value is -2.27. The second-order valence-electron chi connectivity index (χ2n) is 7.22. The van der Waals surface area contributed by atoms with Crippen LogP contribution in [0.25, 0.3) is 21.8 Å². The number of para-hydroxylation sites is 2. The molecule has 0 aliphatic carbocycles. The van der Waals surface area contributed by atoms with Crippen molar-refractivity contribution >= 4 is 39.1 Å².